The van der Waals surface area contributed by atoms with Gasteiger partial charge in [0.1, 0.15) is 35.6 Å². The van der Waals surface area contributed by atoms with Crippen molar-refractivity contribution < 1.29 is 43.3 Å². The Labute approximate surface area is 189 Å². The Morgan fingerprint density at radius 3 is 2.61 bits per heavy atom. The van der Waals surface area contributed by atoms with Gasteiger partial charge in [0.25, 0.3) is 0 Å². The van der Waals surface area contributed by atoms with Crippen molar-refractivity contribution in [2.45, 2.75) is 51.1 Å². The molecule has 13 nitrogen and oxygen atoms in total. The number of nitrogens with zero attached hydrogens (tertiary/aromatic N) is 3. The Kier molecular flexibility index (Phi) is 7.75. The third-order valence-electron chi connectivity index (χ3n) is 5.01. The number of aliphatic hydroxyl groups is 2. The lowest BCUT2D eigenvalue weighted by Gasteiger charge is -2.27. The monoisotopic (exact) mass is 486 g/mol. The van der Waals surface area contributed by atoms with Crippen LogP contribution in [0, 0.1) is 11.8 Å². The van der Waals surface area contributed by atoms with Crippen molar-refractivity contribution in [2.75, 3.05) is 25.6 Å². The second-order valence-corrected chi connectivity index (χ2v) is 8.64. The van der Waals surface area contributed by atoms with Crippen molar-refractivity contribution in [3.8, 4) is 11.8 Å². The number of nitrogen functional groups attached to an aromatic ring is 1. The zero-order valence-corrected chi connectivity index (χ0v) is 19.2. The molecular formula is C19H27N4O9P. The SMILES string of the molecule is CCOC(C#Cc1cn(C2OC(COP(=O)(O)O)C(O)[C@@]2(C)O)c2ncnc(N)c12)OCC. The van der Waals surface area contributed by atoms with E-state index in [1.54, 1.807) is 0 Å². The van der Waals surface area contributed by atoms with E-state index in [0.717, 1.165) is 0 Å². The molecule has 0 aliphatic carbocycles. The second-order valence-electron chi connectivity index (χ2n) is 7.40. The molecule has 4 atom stereocenters. The summed E-state index contributed by atoms with van der Waals surface area (Å²) in [5.41, 5.74) is 4.85. The molecule has 0 aromatic carbocycles. The largest absolute Gasteiger partial charge is 0.469 e. The highest BCUT2D eigenvalue weighted by Crippen LogP contribution is 2.43. The first kappa shape index (κ1) is 25.5. The van der Waals surface area contributed by atoms with E-state index in [0.29, 0.717) is 24.2 Å². The van der Waals surface area contributed by atoms with Crippen LogP contribution >= 0.6 is 7.82 Å². The molecule has 2 aromatic heterocycles. The van der Waals surface area contributed by atoms with E-state index in [9.17, 15) is 14.8 Å². The van der Waals surface area contributed by atoms with Gasteiger partial charge in [-0.3, -0.25) is 4.52 Å². The van der Waals surface area contributed by atoms with Crippen LogP contribution in [0.4, 0.5) is 5.82 Å². The van der Waals surface area contributed by atoms with E-state index in [-0.39, 0.29) is 11.5 Å². The minimum absolute atomic E-state index is 0.131. The van der Waals surface area contributed by atoms with E-state index in [2.05, 4.69) is 26.3 Å². The van der Waals surface area contributed by atoms with E-state index >= 15 is 0 Å². The molecule has 3 unspecified atom stereocenters. The maximum atomic E-state index is 11.0. The summed E-state index contributed by atoms with van der Waals surface area (Å²) >= 11 is 0. The summed E-state index contributed by atoms with van der Waals surface area (Å²) in [7, 11) is -4.81. The molecule has 1 fully saturated rings. The van der Waals surface area contributed by atoms with Gasteiger partial charge in [-0.2, -0.15) is 0 Å². The number of phosphoric acid groups is 1. The number of hydrogen-bond donors (Lipinski definition) is 5. The summed E-state index contributed by atoms with van der Waals surface area (Å²) in [6, 6.07) is 0. The molecule has 33 heavy (non-hydrogen) atoms. The van der Waals surface area contributed by atoms with Gasteiger partial charge in [-0.25, -0.2) is 14.5 Å². The van der Waals surface area contributed by atoms with Crippen molar-refractivity contribution in [2.24, 2.45) is 0 Å². The number of nitrogens with two attached hydrogens (primary N) is 1. The Morgan fingerprint density at radius 2 is 2.00 bits per heavy atom. The predicted molar refractivity (Wildman–Crippen MR) is 114 cm³/mol. The average molecular weight is 486 g/mol. The molecule has 1 saturated heterocycles. The molecule has 3 rings (SSSR count). The molecule has 0 radical (unpaired) electrons. The van der Waals surface area contributed by atoms with Crippen LogP contribution in [-0.4, -0.2) is 78.5 Å². The number of ether oxygens (including phenoxy) is 3. The Bertz CT molecular complexity index is 1080. The van der Waals surface area contributed by atoms with Crippen LogP contribution in [0.1, 0.15) is 32.6 Å². The summed E-state index contributed by atoms with van der Waals surface area (Å²) in [5, 5.41) is 21.9. The predicted octanol–water partition coefficient (Wildman–Crippen LogP) is -0.117. The lowest BCUT2D eigenvalue weighted by Crippen LogP contribution is -2.44. The molecule has 3 heterocycles. The van der Waals surface area contributed by atoms with Gasteiger partial charge in [-0.05, 0) is 26.7 Å². The minimum atomic E-state index is -4.81. The molecule has 0 saturated carbocycles. The van der Waals surface area contributed by atoms with Crippen LogP contribution in [0.3, 0.4) is 0 Å². The zero-order valence-electron chi connectivity index (χ0n) is 18.3. The fraction of sp³-hybridized carbons (Fsp3) is 0.579. The number of hydrogen-bond acceptors (Lipinski definition) is 10. The Balaban J connectivity index is 2.02. The van der Waals surface area contributed by atoms with Crippen molar-refractivity contribution >= 4 is 24.7 Å². The molecule has 0 bridgehead atoms. The highest BCUT2D eigenvalue weighted by Gasteiger charge is 2.54. The fourth-order valence-corrected chi connectivity index (χ4v) is 3.84. The van der Waals surface area contributed by atoms with Crippen LogP contribution in [0.15, 0.2) is 12.5 Å². The molecule has 1 aliphatic rings. The summed E-state index contributed by atoms with van der Waals surface area (Å²) in [6.45, 7) is 5.07. The van der Waals surface area contributed by atoms with Gasteiger partial charge in [0.15, 0.2) is 6.23 Å². The number of phosphoric ester groups is 1. The first-order valence-corrected chi connectivity index (χ1v) is 11.6. The summed E-state index contributed by atoms with van der Waals surface area (Å²) in [6.07, 6.45) is -1.99. The normalized spacial score (nSPS) is 25.5. The number of aromatic nitrogens is 3. The molecule has 14 heteroatoms. The summed E-state index contributed by atoms with van der Waals surface area (Å²) in [4.78, 5) is 26.1. The summed E-state index contributed by atoms with van der Waals surface area (Å²) < 4.78 is 33.5. The van der Waals surface area contributed by atoms with Gasteiger partial charge < -0.3 is 44.5 Å². The first-order chi connectivity index (χ1) is 15.5. The van der Waals surface area contributed by atoms with Crippen molar-refractivity contribution in [1.82, 2.24) is 14.5 Å². The third-order valence-corrected chi connectivity index (χ3v) is 5.50. The highest BCUT2D eigenvalue weighted by molar-refractivity contribution is 7.46. The Morgan fingerprint density at radius 1 is 1.33 bits per heavy atom. The zero-order chi connectivity index (χ0) is 24.4. The van der Waals surface area contributed by atoms with E-state index < -0.39 is 44.8 Å². The van der Waals surface area contributed by atoms with Gasteiger partial charge in [-0.1, -0.05) is 5.92 Å². The minimum Gasteiger partial charge on any atom is -0.387 e. The van der Waals surface area contributed by atoms with Crippen molar-refractivity contribution in [3.05, 3.63) is 18.1 Å². The maximum Gasteiger partial charge on any atom is 0.469 e. The average Bonchev–Trinajstić information content (AvgIpc) is 3.20. The smallest absolute Gasteiger partial charge is 0.387 e. The van der Waals surface area contributed by atoms with Gasteiger partial charge in [0.05, 0.1) is 17.6 Å². The molecule has 2 aromatic rings. The Hall–Kier alpha value is -2.11. The number of aliphatic hydroxyl groups excluding tert-OH is 1. The summed E-state index contributed by atoms with van der Waals surface area (Å²) in [5.74, 6) is 5.92. The number of anilines is 1. The standard InChI is InChI=1S/C19H27N4O9P/c1-4-29-13(30-5-2)7-6-11-8-23(17-14(11)16(20)21-10-22-17)18-19(3,25)15(24)12(32-18)9-31-33(26,27)28/h8,10,12-13,15,18,24-25H,4-5,9H2,1-3H3,(H2,20,21,22)(H2,26,27,28)/t12?,15?,18?,19-/m1/s1. The van der Waals surface area contributed by atoms with Gasteiger partial charge >= 0.3 is 7.82 Å². The quantitative estimate of drug-likeness (QED) is 0.189. The van der Waals surface area contributed by atoms with Crippen LogP contribution in [0.25, 0.3) is 11.0 Å². The highest BCUT2D eigenvalue weighted by atomic mass is 31.2. The maximum absolute atomic E-state index is 11.0. The van der Waals surface area contributed by atoms with Crippen LogP contribution in [0.2, 0.25) is 0 Å². The van der Waals surface area contributed by atoms with Gasteiger partial charge in [-0.15, -0.1) is 0 Å². The van der Waals surface area contributed by atoms with Crippen LogP contribution in [0.5, 0.6) is 0 Å². The molecule has 182 valence electrons. The molecule has 0 spiro atoms. The lowest BCUT2D eigenvalue weighted by molar-refractivity contribution is -0.0970. The van der Waals surface area contributed by atoms with Crippen LogP contribution in [-0.2, 0) is 23.3 Å². The number of fused-ring (bicyclic) bond motifs is 1. The van der Waals surface area contributed by atoms with Gasteiger partial charge in [0.2, 0.25) is 6.29 Å². The van der Waals surface area contributed by atoms with Crippen molar-refractivity contribution in [3.63, 3.8) is 0 Å². The lowest BCUT2D eigenvalue weighted by atomic mass is 9.96. The third kappa shape index (κ3) is 5.52. The van der Waals surface area contributed by atoms with E-state index in [1.807, 2.05) is 13.8 Å². The van der Waals surface area contributed by atoms with Gasteiger partial charge in [0, 0.05) is 19.4 Å². The molecule has 0 amide bonds. The van der Waals surface area contributed by atoms with E-state index in [4.69, 9.17) is 29.7 Å². The fourth-order valence-electron chi connectivity index (χ4n) is 3.50. The topological polar surface area (TPSA) is 192 Å². The molecule has 1 aliphatic heterocycles. The molecular weight excluding hydrogens is 459 g/mol. The second kappa shape index (κ2) is 10.0. The van der Waals surface area contributed by atoms with Crippen molar-refractivity contribution in [1.29, 1.82) is 0 Å². The molecule has 6 N–H and O–H groups in total. The van der Waals surface area contributed by atoms with Crippen LogP contribution < -0.4 is 5.73 Å². The number of rotatable bonds is 8. The first-order valence-electron chi connectivity index (χ1n) is 10.1. The van der Waals surface area contributed by atoms with E-state index in [1.165, 1.54) is 24.0 Å².